The molecule has 0 amide bonds. The lowest BCUT2D eigenvalue weighted by molar-refractivity contribution is 1.31. The smallest absolute Gasteiger partial charge is 0.0273 e. The fourth-order valence-corrected chi connectivity index (χ4v) is 1.09. The van der Waals surface area contributed by atoms with Crippen LogP contribution in [0.1, 0.15) is 0 Å². The highest BCUT2D eigenvalue weighted by Gasteiger charge is 1.92. The molecule has 2 nitrogen and oxygen atoms in total. The third kappa shape index (κ3) is 2.98. The van der Waals surface area contributed by atoms with Crippen LogP contribution in [0.3, 0.4) is 0 Å². The number of hydrogen-bond donors (Lipinski definition) is 0. The summed E-state index contributed by atoms with van der Waals surface area (Å²) in [7, 11) is 0. The van der Waals surface area contributed by atoms with E-state index in [2.05, 4.69) is 9.97 Å². The SMILES string of the molecule is Cl.Cl.c1cc(-c2ccncc2)ccn1. The van der Waals surface area contributed by atoms with Gasteiger partial charge in [0, 0.05) is 24.8 Å². The number of nitrogens with zero attached hydrogens (tertiary/aromatic N) is 2. The average molecular weight is 229 g/mol. The minimum absolute atomic E-state index is 0. The van der Waals surface area contributed by atoms with Gasteiger partial charge in [-0.3, -0.25) is 9.97 Å². The minimum Gasteiger partial charge on any atom is -0.265 e. The van der Waals surface area contributed by atoms with Crippen molar-refractivity contribution in [3.63, 3.8) is 0 Å². The topological polar surface area (TPSA) is 25.8 Å². The van der Waals surface area contributed by atoms with Crippen LogP contribution in [0.5, 0.6) is 0 Å². The lowest BCUT2D eigenvalue weighted by Gasteiger charge is -1.97. The third-order valence-corrected chi connectivity index (χ3v) is 1.69. The summed E-state index contributed by atoms with van der Waals surface area (Å²) in [5.74, 6) is 0. The van der Waals surface area contributed by atoms with Crippen LogP contribution in [0.2, 0.25) is 0 Å². The predicted molar refractivity (Wildman–Crippen MR) is 62.0 cm³/mol. The maximum absolute atomic E-state index is 3.96. The monoisotopic (exact) mass is 228 g/mol. The first kappa shape index (κ1) is 12.9. The Morgan fingerprint density at radius 2 is 0.857 bits per heavy atom. The molecule has 0 N–H and O–H groups in total. The van der Waals surface area contributed by atoms with E-state index in [0.717, 1.165) is 0 Å². The van der Waals surface area contributed by atoms with Gasteiger partial charge in [-0.25, -0.2) is 0 Å². The van der Waals surface area contributed by atoms with Gasteiger partial charge < -0.3 is 0 Å². The van der Waals surface area contributed by atoms with Crippen LogP contribution in [0.15, 0.2) is 49.1 Å². The van der Waals surface area contributed by atoms with Gasteiger partial charge in [-0.1, -0.05) is 0 Å². The number of hydrogen-bond acceptors (Lipinski definition) is 2. The maximum Gasteiger partial charge on any atom is 0.0273 e. The van der Waals surface area contributed by atoms with Gasteiger partial charge in [0.25, 0.3) is 0 Å². The van der Waals surface area contributed by atoms with Crippen LogP contribution >= 0.6 is 24.8 Å². The maximum atomic E-state index is 3.96. The van der Waals surface area contributed by atoms with E-state index < -0.39 is 0 Å². The Bertz CT molecular complexity index is 314. The Kier molecular flexibility index (Phi) is 5.84. The molecule has 0 saturated carbocycles. The van der Waals surface area contributed by atoms with Crippen molar-refractivity contribution in [3.8, 4) is 11.1 Å². The van der Waals surface area contributed by atoms with E-state index in [1.807, 2.05) is 24.3 Å². The van der Waals surface area contributed by atoms with Crippen molar-refractivity contribution in [2.75, 3.05) is 0 Å². The molecule has 0 fully saturated rings. The molecule has 2 aromatic rings. The molecule has 2 heterocycles. The zero-order valence-corrected chi connectivity index (χ0v) is 8.96. The minimum atomic E-state index is 0. The number of pyridine rings is 2. The van der Waals surface area contributed by atoms with E-state index in [0.29, 0.717) is 0 Å². The number of aromatic nitrogens is 2. The van der Waals surface area contributed by atoms with Gasteiger partial charge in [-0.15, -0.1) is 24.8 Å². The van der Waals surface area contributed by atoms with Gasteiger partial charge in [0.05, 0.1) is 0 Å². The molecule has 4 heteroatoms. The van der Waals surface area contributed by atoms with Crippen LogP contribution in [-0.2, 0) is 0 Å². The molecule has 0 unspecified atom stereocenters. The van der Waals surface area contributed by atoms with Gasteiger partial charge >= 0.3 is 0 Å². The van der Waals surface area contributed by atoms with Gasteiger partial charge in [0.1, 0.15) is 0 Å². The Hall–Kier alpha value is -1.12. The largest absolute Gasteiger partial charge is 0.265 e. The summed E-state index contributed by atoms with van der Waals surface area (Å²) < 4.78 is 0. The van der Waals surface area contributed by atoms with Crippen LogP contribution in [0.25, 0.3) is 11.1 Å². The fraction of sp³-hybridized carbons (Fsp3) is 0. The second-order valence-electron chi connectivity index (χ2n) is 2.47. The van der Waals surface area contributed by atoms with Gasteiger partial charge in [-0.2, -0.15) is 0 Å². The summed E-state index contributed by atoms with van der Waals surface area (Å²) in [5, 5.41) is 0. The normalized spacial score (nSPS) is 8.29. The third-order valence-electron chi connectivity index (χ3n) is 1.69. The van der Waals surface area contributed by atoms with Crippen LogP contribution in [0.4, 0.5) is 0 Å². The molecule has 74 valence electrons. The molecule has 0 aromatic carbocycles. The Labute approximate surface area is 95.2 Å². The van der Waals surface area contributed by atoms with Crippen LogP contribution in [0, 0.1) is 0 Å². The summed E-state index contributed by atoms with van der Waals surface area (Å²) >= 11 is 0. The first-order valence-corrected chi connectivity index (χ1v) is 3.77. The van der Waals surface area contributed by atoms with Crippen molar-refractivity contribution >= 4 is 24.8 Å². The van der Waals surface area contributed by atoms with E-state index in [4.69, 9.17) is 0 Å². The molecular weight excluding hydrogens is 219 g/mol. The Morgan fingerprint density at radius 3 is 1.14 bits per heavy atom. The second-order valence-corrected chi connectivity index (χ2v) is 2.47. The van der Waals surface area contributed by atoms with Crippen molar-refractivity contribution in [1.29, 1.82) is 0 Å². The van der Waals surface area contributed by atoms with Crippen molar-refractivity contribution in [2.24, 2.45) is 0 Å². The van der Waals surface area contributed by atoms with Gasteiger partial charge in [-0.05, 0) is 35.4 Å². The molecule has 0 aliphatic heterocycles. The summed E-state index contributed by atoms with van der Waals surface area (Å²) in [5.41, 5.74) is 2.35. The van der Waals surface area contributed by atoms with Gasteiger partial charge in [0.15, 0.2) is 0 Å². The Balaban J connectivity index is 0.000000845. The molecule has 0 aliphatic carbocycles. The van der Waals surface area contributed by atoms with Crippen molar-refractivity contribution in [1.82, 2.24) is 9.97 Å². The quantitative estimate of drug-likeness (QED) is 0.751. The molecule has 0 aliphatic rings. The van der Waals surface area contributed by atoms with Crippen molar-refractivity contribution in [2.45, 2.75) is 0 Å². The average Bonchev–Trinajstić information content (AvgIpc) is 2.21. The summed E-state index contributed by atoms with van der Waals surface area (Å²) in [6.45, 7) is 0. The first-order chi connectivity index (χ1) is 5.97. The van der Waals surface area contributed by atoms with Crippen molar-refractivity contribution < 1.29 is 0 Å². The Morgan fingerprint density at radius 1 is 0.571 bits per heavy atom. The second kappa shape index (κ2) is 6.35. The fourth-order valence-electron chi connectivity index (χ4n) is 1.09. The molecule has 14 heavy (non-hydrogen) atoms. The van der Waals surface area contributed by atoms with E-state index in [9.17, 15) is 0 Å². The van der Waals surface area contributed by atoms with Gasteiger partial charge in [0.2, 0.25) is 0 Å². The highest BCUT2D eigenvalue weighted by atomic mass is 35.5. The summed E-state index contributed by atoms with van der Waals surface area (Å²) in [4.78, 5) is 7.91. The summed E-state index contributed by atoms with van der Waals surface area (Å²) in [6.07, 6.45) is 7.15. The molecule has 2 rings (SSSR count). The lowest BCUT2D eigenvalue weighted by atomic mass is 10.1. The standard InChI is InChI=1S/C10H8N2.2ClH/c1-5-11-6-2-9(1)10-3-7-12-8-4-10;;/h1-8H;2*1H. The van der Waals surface area contributed by atoms with E-state index in [-0.39, 0.29) is 24.8 Å². The van der Waals surface area contributed by atoms with E-state index >= 15 is 0 Å². The van der Waals surface area contributed by atoms with Crippen molar-refractivity contribution in [3.05, 3.63) is 49.1 Å². The zero-order chi connectivity index (χ0) is 8.23. The zero-order valence-electron chi connectivity index (χ0n) is 7.33. The number of halogens is 2. The first-order valence-electron chi connectivity index (χ1n) is 3.77. The molecular formula is C10H10Cl2N2. The predicted octanol–water partition coefficient (Wildman–Crippen LogP) is 2.99. The molecule has 2 aromatic heterocycles. The molecule has 0 atom stereocenters. The lowest BCUT2D eigenvalue weighted by Crippen LogP contribution is -1.77. The van der Waals surface area contributed by atoms with Crippen LogP contribution < -0.4 is 0 Å². The number of rotatable bonds is 1. The van der Waals surface area contributed by atoms with E-state index in [1.165, 1.54) is 11.1 Å². The summed E-state index contributed by atoms with van der Waals surface area (Å²) in [6, 6.07) is 7.93. The molecule has 0 spiro atoms. The van der Waals surface area contributed by atoms with E-state index in [1.54, 1.807) is 24.8 Å². The molecule has 0 bridgehead atoms. The molecule has 0 saturated heterocycles. The molecule has 0 radical (unpaired) electrons. The highest BCUT2D eigenvalue weighted by molar-refractivity contribution is 5.85. The highest BCUT2D eigenvalue weighted by Crippen LogP contribution is 2.15. The van der Waals surface area contributed by atoms with Crippen LogP contribution in [-0.4, -0.2) is 9.97 Å².